The van der Waals surface area contributed by atoms with Crippen LogP contribution in [0.5, 0.6) is 0 Å². The van der Waals surface area contributed by atoms with Crippen LogP contribution in [0.3, 0.4) is 0 Å². The van der Waals surface area contributed by atoms with Crippen molar-refractivity contribution in [3.63, 3.8) is 0 Å². The average molecular weight is 273 g/mol. The number of nitrogens with one attached hydrogen (secondary N) is 1. The monoisotopic (exact) mass is 273 g/mol. The fraction of sp³-hybridized carbons (Fsp3) is 0.500. The van der Waals surface area contributed by atoms with Crippen molar-refractivity contribution in [3.8, 4) is 0 Å². The number of hydrogen-bond acceptors (Lipinski definition) is 3. The van der Waals surface area contributed by atoms with Gasteiger partial charge in [-0.1, -0.05) is 32.0 Å². The zero-order valence-electron chi connectivity index (χ0n) is 12.3. The van der Waals surface area contributed by atoms with Gasteiger partial charge in [0, 0.05) is 11.9 Å². The molecule has 0 aliphatic carbocycles. The molecule has 0 aliphatic heterocycles. The molecule has 1 aromatic carbocycles. The molecule has 1 N–H and O–H groups in total. The van der Waals surface area contributed by atoms with Gasteiger partial charge >= 0.3 is 0 Å². The van der Waals surface area contributed by atoms with E-state index in [0.29, 0.717) is 6.54 Å². The summed E-state index contributed by atoms with van der Waals surface area (Å²) in [6, 6.07) is 7.58. The Morgan fingerprint density at radius 2 is 2.05 bits per heavy atom. The molecule has 0 unspecified atom stereocenters. The number of benzene rings is 1. The van der Waals surface area contributed by atoms with E-state index in [-0.39, 0.29) is 5.56 Å². The van der Waals surface area contributed by atoms with Crippen molar-refractivity contribution in [1.29, 1.82) is 0 Å². The molecule has 0 atom stereocenters. The van der Waals surface area contributed by atoms with E-state index in [1.807, 2.05) is 24.3 Å². The van der Waals surface area contributed by atoms with Gasteiger partial charge in [-0.05, 0) is 31.4 Å². The summed E-state index contributed by atoms with van der Waals surface area (Å²) in [5, 5.41) is 9.22. The molecule has 20 heavy (non-hydrogen) atoms. The highest BCUT2D eigenvalue weighted by molar-refractivity contribution is 5.80. The van der Waals surface area contributed by atoms with Gasteiger partial charge in [-0.25, -0.2) is 4.68 Å². The van der Waals surface area contributed by atoms with Gasteiger partial charge in [-0.3, -0.25) is 4.79 Å². The van der Waals surface area contributed by atoms with E-state index < -0.39 is 0 Å². The predicted molar refractivity (Wildman–Crippen MR) is 82.9 cm³/mol. The number of aromatic nitrogens is 2. The maximum Gasteiger partial charge on any atom is 0.274 e. The van der Waals surface area contributed by atoms with E-state index >= 15 is 0 Å². The van der Waals surface area contributed by atoms with Crippen molar-refractivity contribution >= 4 is 10.8 Å². The van der Waals surface area contributed by atoms with Gasteiger partial charge in [-0.2, -0.15) is 5.10 Å². The zero-order chi connectivity index (χ0) is 14.4. The minimum atomic E-state index is -0.00733. The summed E-state index contributed by atoms with van der Waals surface area (Å²) < 4.78 is 1.54. The van der Waals surface area contributed by atoms with Gasteiger partial charge in [0.1, 0.15) is 0 Å². The molecule has 2 aromatic rings. The summed E-state index contributed by atoms with van der Waals surface area (Å²) in [4.78, 5) is 12.2. The second-order valence-corrected chi connectivity index (χ2v) is 5.55. The topological polar surface area (TPSA) is 46.9 Å². The van der Waals surface area contributed by atoms with Crippen LogP contribution in [0.15, 0.2) is 35.3 Å². The van der Waals surface area contributed by atoms with Crippen LogP contribution >= 0.6 is 0 Å². The van der Waals surface area contributed by atoms with Crippen molar-refractivity contribution in [1.82, 2.24) is 15.1 Å². The summed E-state index contributed by atoms with van der Waals surface area (Å²) in [7, 11) is 0. The second kappa shape index (κ2) is 7.20. The zero-order valence-corrected chi connectivity index (χ0v) is 12.3. The predicted octanol–water partition coefficient (Wildman–Crippen LogP) is 2.42. The van der Waals surface area contributed by atoms with E-state index in [4.69, 9.17) is 0 Å². The van der Waals surface area contributed by atoms with Crippen LogP contribution in [-0.4, -0.2) is 22.9 Å². The highest BCUT2D eigenvalue weighted by Crippen LogP contribution is 2.06. The van der Waals surface area contributed by atoms with Crippen molar-refractivity contribution < 1.29 is 0 Å². The minimum Gasteiger partial charge on any atom is -0.315 e. The summed E-state index contributed by atoms with van der Waals surface area (Å²) in [5.74, 6) is 0.751. The maximum absolute atomic E-state index is 12.2. The molecule has 4 heteroatoms. The number of fused-ring (bicyclic) bond motifs is 1. The largest absolute Gasteiger partial charge is 0.315 e. The van der Waals surface area contributed by atoms with Crippen LogP contribution in [-0.2, 0) is 6.54 Å². The SMILES string of the molecule is CC(C)CCCNCCn1ncc2ccccc2c1=O. The minimum absolute atomic E-state index is 0.00733. The molecule has 4 nitrogen and oxygen atoms in total. The molecule has 0 bridgehead atoms. The van der Waals surface area contributed by atoms with Gasteiger partial charge in [0.15, 0.2) is 0 Å². The molecule has 0 radical (unpaired) electrons. The standard InChI is InChI=1S/C16H23N3O/c1-13(2)6-5-9-17-10-11-19-16(20)15-8-4-3-7-14(15)12-18-19/h3-4,7-8,12-13,17H,5-6,9-11H2,1-2H3. The lowest BCUT2D eigenvalue weighted by Gasteiger charge is -2.08. The summed E-state index contributed by atoms with van der Waals surface area (Å²) in [5.41, 5.74) is -0.00733. The molecular weight excluding hydrogens is 250 g/mol. The van der Waals surface area contributed by atoms with E-state index in [1.54, 1.807) is 6.20 Å². The Hall–Kier alpha value is -1.68. The van der Waals surface area contributed by atoms with Crippen LogP contribution in [0.4, 0.5) is 0 Å². The highest BCUT2D eigenvalue weighted by atomic mass is 16.1. The van der Waals surface area contributed by atoms with Crippen molar-refractivity contribution in [2.24, 2.45) is 5.92 Å². The second-order valence-electron chi connectivity index (χ2n) is 5.55. The Labute approximate surface area is 119 Å². The van der Waals surface area contributed by atoms with Crippen LogP contribution in [0.25, 0.3) is 10.8 Å². The van der Waals surface area contributed by atoms with E-state index in [0.717, 1.165) is 29.8 Å². The molecule has 2 rings (SSSR count). The molecule has 0 saturated carbocycles. The maximum atomic E-state index is 12.2. The molecule has 0 amide bonds. The lowest BCUT2D eigenvalue weighted by atomic mass is 10.1. The quantitative estimate of drug-likeness (QED) is 0.788. The Morgan fingerprint density at radius 3 is 2.85 bits per heavy atom. The van der Waals surface area contributed by atoms with E-state index in [9.17, 15) is 4.79 Å². The third-order valence-corrected chi connectivity index (χ3v) is 3.40. The average Bonchev–Trinajstić information content (AvgIpc) is 2.45. The Balaban J connectivity index is 1.87. The van der Waals surface area contributed by atoms with Crippen LogP contribution in [0.1, 0.15) is 26.7 Å². The highest BCUT2D eigenvalue weighted by Gasteiger charge is 2.02. The Kier molecular flexibility index (Phi) is 5.30. The van der Waals surface area contributed by atoms with Crippen molar-refractivity contribution in [2.45, 2.75) is 33.2 Å². The number of rotatable bonds is 7. The van der Waals surface area contributed by atoms with Crippen LogP contribution < -0.4 is 10.9 Å². The van der Waals surface area contributed by atoms with E-state index in [2.05, 4.69) is 24.3 Å². The first-order valence-electron chi connectivity index (χ1n) is 7.34. The molecule has 1 aromatic heterocycles. The molecule has 0 fully saturated rings. The van der Waals surface area contributed by atoms with Gasteiger partial charge in [-0.15, -0.1) is 0 Å². The summed E-state index contributed by atoms with van der Waals surface area (Å²) >= 11 is 0. The Morgan fingerprint density at radius 1 is 1.25 bits per heavy atom. The smallest absolute Gasteiger partial charge is 0.274 e. The van der Waals surface area contributed by atoms with Gasteiger partial charge in [0.2, 0.25) is 0 Å². The molecule has 0 aliphatic rings. The lowest BCUT2D eigenvalue weighted by molar-refractivity contribution is 0.497. The molecular formula is C16H23N3O. The van der Waals surface area contributed by atoms with Gasteiger partial charge in [0.25, 0.3) is 5.56 Å². The Bertz CT molecular complexity index is 604. The third-order valence-electron chi connectivity index (χ3n) is 3.40. The molecule has 1 heterocycles. The first-order valence-corrected chi connectivity index (χ1v) is 7.34. The number of hydrogen-bond donors (Lipinski definition) is 1. The normalized spacial score (nSPS) is 11.3. The first-order chi connectivity index (χ1) is 9.68. The molecule has 0 saturated heterocycles. The third kappa shape index (κ3) is 3.90. The van der Waals surface area contributed by atoms with Crippen LogP contribution in [0, 0.1) is 5.92 Å². The fourth-order valence-electron chi connectivity index (χ4n) is 2.23. The molecule has 108 valence electrons. The van der Waals surface area contributed by atoms with E-state index in [1.165, 1.54) is 17.5 Å². The van der Waals surface area contributed by atoms with Gasteiger partial charge in [0.05, 0.1) is 18.1 Å². The first kappa shape index (κ1) is 14.7. The summed E-state index contributed by atoms with van der Waals surface area (Å²) in [6.07, 6.45) is 4.17. The van der Waals surface area contributed by atoms with Crippen molar-refractivity contribution in [2.75, 3.05) is 13.1 Å². The fourth-order valence-corrected chi connectivity index (χ4v) is 2.23. The lowest BCUT2D eigenvalue weighted by Crippen LogP contribution is -2.29. The molecule has 0 spiro atoms. The summed E-state index contributed by atoms with van der Waals surface area (Å²) in [6.45, 7) is 6.87. The van der Waals surface area contributed by atoms with Crippen LogP contribution in [0.2, 0.25) is 0 Å². The van der Waals surface area contributed by atoms with Gasteiger partial charge < -0.3 is 5.32 Å². The number of nitrogens with zero attached hydrogens (tertiary/aromatic N) is 2. The van der Waals surface area contributed by atoms with Crippen molar-refractivity contribution in [3.05, 3.63) is 40.8 Å².